The van der Waals surface area contributed by atoms with Gasteiger partial charge in [0, 0.05) is 49.4 Å². The van der Waals surface area contributed by atoms with Crippen molar-refractivity contribution in [1.29, 1.82) is 0 Å². The fourth-order valence-electron chi connectivity index (χ4n) is 4.48. The van der Waals surface area contributed by atoms with Crippen LogP contribution in [0.15, 0.2) is 30.6 Å². The summed E-state index contributed by atoms with van der Waals surface area (Å²) in [5.41, 5.74) is 2.93. The summed E-state index contributed by atoms with van der Waals surface area (Å²) in [4.78, 5) is 12.0. The van der Waals surface area contributed by atoms with Gasteiger partial charge in [-0.1, -0.05) is 36.4 Å². The lowest BCUT2D eigenvalue weighted by Crippen LogP contribution is -2.44. The summed E-state index contributed by atoms with van der Waals surface area (Å²) >= 11 is 8.44. The van der Waals surface area contributed by atoms with Crippen molar-refractivity contribution < 1.29 is 4.74 Å². The molecule has 1 saturated carbocycles. The van der Waals surface area contributed by atoms with Crippen molar-refractivity contribution in [3.05, 3.63) is 41.2 Å². The van der Waals surface area contributed by atoms with Gasteiger partial charge in [0.2, 0.25) is 5.78 Å². The molecule has 2 aliphatic rings. The van der Waals surface area contributed by atoms with Gasteiger partial charge in [-0.15, -0.1) is 0 Å². The molecule has 164 valence electrons. The van der Waals surface area contributed by atoms with E-state index in [0.29, 0.717) is 16.5 Å². The first-order valence-corrected chi connectivity index (χ1v) is 12.2. The molecule has 1 aliphatic heterocycles. The van der Waals surface area contributed by atoms with E-state index in [0.717, 1.165) is 54.1 Å². The average molecular weight is 458 g/mol. The zero-order valence-electron chi connectivity index (χ0n) is 18.1. The van der Waals surface area contributed by atoms with Gasteiger partial charge in [-0.2, -0.15) is 4.98 Å². The van der Waals surface area contributed by atoms with Crippen molar-refractivity contribution in [2.24, 2.45) is 0 Å². The first-order valence-electron chi connectivity index (χ1n) is 11.0. The second-order valence-electron chi connectivity index (χ2n) is 8.35. The quantitative estimate of drug-likeness (QED) is 0.498. The number of methoxy groups -OCH3 is 1. The van der Waals surface area contributed by atoms with Crippen LogP contribution in [0.4, 0.5) is 5.82 Å². The summed E-state index contributed by atoms with van der Waals surface area (Å²) in [5, 5.41) is 1.42. The maximum Gasteiger partial charge on any atom is 0.236 e. The summed E-state index contributed by atoms with van der Waals surface area (Å²) in [6.07, 6.45) is 9.61. The van der Waals surface area contributed by atoms with Crippen LogP contribution < -0.4 is 9.64 Å². The highest BCUT2D eigenvalue weighted by Crippen LogP contribution is 2.34. The normalized spacial score (nSPS) is 18.2. The SMILES string of the molecule is COc1cc(C)c(-c2cn3ccc(N4CCN(SC5CCCC5)CC4)nc3n2)cc1Cl. The number of ether oxygens (including phenoxy) is 1. The van der Waals surface area contributed by atoms with Crippen molar-refractivity contribution in [2.45, 2.75) is 37.9 Å². The van der Waals surface area contributed by atoms with Crippen LogP contribution in [0.2, 0.25) is 5.02 Å². The molecule has 3 aromatic rings. The monoisotopic (exact) mass is 457 g/mol. The van der Waals surface area contributed by atoms with Crippen LogP contribution in [-0.4, -0.2) is 57.2 Å². The molecule has 2 fully saturated rings. The Morgan fingerprint density at radius 1 is 1.10 bits per heavy atom. The molecule has 8 heteroatoms. The zero-order chi connectivity index (χ0) is 21.4. The van der Waals surface area contributed by atoms with Crippen LogP contribution in [0.25, 0.3) is 17.0 Å². The molecule has 31 heavy (non-hydrogen) atoms. The largest absolute Gasteiger partial charge is 0.495 e. The number of imidazole rings is 1. The molecule has 5 rings (SSSR count). The second kappa shape index (κ2) is 8.88. The van der Waals surface area contributed by atoms with E-state index in [-0.39, 0.29) is 0 Å². The first kappa shape index (κ1) is 20.9. The number of piperazine rings is 1. The van der Waals surface area contributed by atoms with Gasteiger partial charge in [-0.3, -0.25) is 4.40 Å². The van der Waals surface area contributed by atoms with Crippen molar-refractivity contribution in [3.8, 4) is 17.0 Å². The summed E-state index contributed by atoms with van der Waals surface area (Å²) in [7, 11) is 1.63. The van der Waals surface area contributed by atoms with Gasteiger partial charge in [0.05, 0.1) is 17.8 Å². The van der Waals surface area contributed by atoms with Gasteiger partial charge >= 0.3 is 0 Å². The predicted molar refractivity (Wildman–Crippen MR) is 128 cm³/mol. The molecule has 3 heterocycles. The van der Waals surface area contributed by atoms with Gasteiger partial charge in [-0.05, 0) is 43.5 Å². The molecule has 0 atom stereocenters. The lowest BCUT2D eigenvalue weighted by atomic mass is 10.1. The van der Waals surface area contributed by atoms with E-state index in [1.165, 1.54) is 25.7 Å². The summed E-state index contributed by atoms with van der Waals surface area (Å²) < 4.78 is 9.85. The number of fused-ring (bicyclic) bond motifs is 1. The highest BCUT2D eigenvalue weighted by Gasteiger charge is 2.24. The van der Waals surface area contributed by atoms with Crippen molar-refractivity contribution in [2.75, 3.05) is 38.2 Å². The number of hydrogen-bond donors (Lipinski definition) is 0. The smallest absolute Gasteiger partial charge is 0.236 e. The Hall–Kier alpha value is -1.96. The molecule has 0 N–H and O–H groups in total. The molecular weight excluding hydrogens is 430 g/mol. The Kier molecular flexibility index (Phi) is 5.99. The number of benzene rings is 1. The van der Waals surface area contributed by atoms with Crippen molar-refractivity contribution in [3.63, 3.8) is 0 Å². The van der Waals surface area contributed by atoms with Crippen LogP contribution in [0, 0.1) is 6.92 Å². The Bertz CT molecular complexity index is 1070. The van der Waals surface area contributed by atoms with Gasteiger partial charge < -0.3 is 9.64 Å². The van der Waals surface area contributed by atoms with Gasteiger partial charge in [0.15, 0.2) is 0 Å². The number of nitrogens with zero attached hydrogens (tertiary/aromatic N) is 5. The number of hydrogen-bond acceptors (Lipinski definition) is 6. The number of anilines is 1. The van der Waals surface area contributed by atoms with Gasteiger partial charge in [-0.25, -0.2) is 9.29 Å². The summed E-state index contributed by atoms with van der Waals surface area (Å²) in [6.45, 7) is 6.21. The van der Waals surface area contributed by atoms with E-state index >= 15 is 0 Å². The summed E-state index contributed by atoms with van der Waals surface area (Å²) in [5.74, 6) is 2.39. The number of halogens is 1. The predicted octanol–water partition coefficient (Wildman–Crippen LogP) is 5.08. The number of aryl methyl sites for hydroxylation is 1. The Balaban J connectivity index is 1.32. The van der Waals surface area contributed by atoms with Crippen LogP contribution in [0.3, 0.4) is 0 Å². The fourth-order valence-corrected chi connectivity index (χ4v) is 6.06. The van der Waals surface area contributed by atoms with Gasteiger partial charge in [0.1, 0.15) is 11.6 Å². The maximum atomic E-state index is 6.35. The van der Waals surface area contributed by atoms with E-state index in [2.05, 4.69) is 27.2 Å². The van der Waals surface area contributed by atoms with E-state index < -0.39 is 0 Å². The topological polar surface area (TPSA) is 45.9 Å². The molecule has 0 amide bonds. The van der Waals surface area contributed by atoms with Crippen LogP contribution >= 0.6 is 23.5 Å². The molecule has 6 nitrogen and oxygen atoms in total. The van der Waals surface area contributed by atoms with E-state index in [1.807, 2.05) is 35.9 Å². The molecular formula is C23H28ClN5OS. The molecule has 1 aliphatic carbocycles. The third kappa shape index (κ3) is 4.36. The van der Waals surface area contributed by atoms with Crippen LogP contribution in [0.1, 0.15) is 31.2 Å². The zero-order valence-corrected chi connectivity index (χ0v) is 19.6. The van der Waals surface area contributed by atoms with Crippen LogP contribution in [0.5, 0.6) is 5.75 Å². The standard InChI is InChI=1S/C23H28ClN5OS/c1-16-13-21(30-2)19(24)14-18(16)20-15-28-8-7-22(26-23(28)25-20)27-9-11-29(12-10-27)31-17-5-3-4-6-17/h7-8,13-15,17H,3-6,9-12H2,1-2H3. The third-order valence-corrected chi connectivity index (χ3v) is 7.98. The molecule has 2 aromatic heterocycles. The Morgan fingerprint density at radius 3 is 2.61 bits per heavy atom. The van der Waals surface area contributed by atoms with E-state index in [9.17, 15) is 0 Å². The van der Waals surface area contributed by atoms with Crippen LogP contribution in [-0.2, 0) is 0 Å². The maximum absolute atomic E-state index is 6.35. The Labute approximate surface area is 192 Å². The van der Waals surface area contributed by atoms with E-state index in [4.69, 9.17) is 26.3 Å². The van der Waals surface area contributed by atoms with E-state index in [1.54, 1.807) is 7.11 Å². The minimum absolute atomic E-state index is 0.585. The average Bonchev–Trinajstić information content (AvgIpc) is 3.44. The third-order valence-electron chi connectivity index (χ3n) is 6.25. The molecule has 1 saturated heterocycles. The molecule has 0 spiro atoms. The molecule has 0 unspecified atom stereocenters. The molecule has 0 radical (unpaired) electrons. The van der Waals surface area contributed by atoms with Gasteiger partial charge in [0.25, 0.3) is 0 Å². The lowest BCUT2D eigenvalue weighted by molar-refractivity contribution is 0.415. The number of rotatable bonds is 5. The summed E-state index contributed by atoms with van der Waals surface area (Å²) in [6, 6.07) is 5.95. The first-order chi connectivity index (χ1) is 15.1. The second-order valence-corrected chi connectivity index (χ2v) is 10.1. The fraction of sp³-hybridized carbons (Fsp3) is 0.478. The van der Waals surface area contributed by atoms with Crippen molar-refractivity contribution >= 4 is 35.1 Å². The Morgan fingerprint density at radius 2 is 1.87 bits per heavy atom. The molecule has 1 aromatic carbocycles. The highest BCUT2D eigenvalue weighted by atomic mass is 35.5. The highest BCUT2D eigenvalue weighted by molar-refractivity contribution is 7.97. The minimum atomic E-state index is 0.585. The lowest BCUT2D eigenvalue weighted by Gasteiger charge is -2.35. The minimum Gasteiger partial charge on any atom is -0.495 e. The number of aromatic nitrogens is 3. The van der Waals surface area contributed by atoms with Crippen molar-refractivity contribution in [1.82, 2.24) is 18.7 Å². The molecule has 0 bridgehead atoms.